The second-order valence-corrected chi connectivity index (χ2v) is 3.80. The lowest BCUT2D eigenvalue weighted by Gasteiger charge is -2.17. The largest absolute Gasteiger partial charge is 0.481 e. The number of hydrogen-bond acceptors (Lipinski definition) is 4. The van der Waals surface area contributed by atoms with Crippen molar-refractivity contribution in [2.75, 3.05) is 6.61 Å². The highest BCUT2D eigenvalue weighted by atomic mass is 19.1. The Kier molecular flexibility index (Phi) is 5.25. The molecule has 0 saturated heterocycles. The summed E-state index contributed by atoms with van der Waals surface area (Å²) < 4.78 is 18.1. The van der Waals surface area contributed by atoms with Gasteiger partial charge in [0.2, 0.25) is 0 Å². The predicted octanol–water partition coefficient (Wildman–Crippen LogP) is 0.155. The van der Waals surface area contributed by atoms with Crippen LogP contribution in [0.25, 0.3) is 0 Å². The van der Waals surface area contributed by atoms with Gasteiger partial charge >= 0.3 is 5.97 Å². The van der Waals surface area contributed by atoms with Crippen LogP contribution in [0.15, 0.2) is 24.3 Å². The predicted molar refractivity (Wildman–Crippen MR) is 63.1 cm³/mol. The molecule has 0 spiro atoms. The molecule has 0 heterocycles. The van der Waals surface area contributed by atoms with Gasteiger partial charge in [-0.2, -0.15) is 0 Å². The third-order valence-corrected chi connectivity index (χ3v) is 2.28. The summed E-state index contributed by atoms with van der Waals surface area (Å²) in [5, 5.41) is 19.5. The summed E-state index contributed by atoms with van der Waals surface area (Å²) in [6.07, 6.45) is -1.02. The van der Waals surface area contributed by atoms with Crippen LogP contribution in [0.1, 0.15) is 6.92 Å². The first-order valence-corrected chi connectivity index (χ1v) is 5.50. The molecule has 2 unspecified atom stereocenters. The number of ether oxygens (including phenoxy) is 1. The van der Waals surface area contributed by atoms with Gasteiger partial charge in [0.15, 0.2) is 6.10 Å². The summed E-state index contributed by atoms with van der Waals surface area (Å²) in [6, 6.07) is 3.82. The molecule has 3 N–H and O–H groups in total. The molecule has 0 bridgehead atoms. The summed E-state index contributed by atoms with van der Waals surface area (Å²) in [4.78, 5) is 22.2. The molecule has 0 aliphatic rings. The fourth-order valence-corrected chi connectivity index (χ4v) is 1.27. The Labute approximate surface area is 108 Å². The van der Waals surface area contributed by atoms with Crippen LogP contribution < -0.4 is 10.1 Å². The van der Waals surface area contributed by atoms with Crippen molar-refractivity contribution in [1.29, 1.82) is 0 Å². The number of rotatable bonds is 6. The van der Waals surface area contributed by atoms with Crippen LogP contribution in [-0.2, 0) is 9.59 Å². The number of nitrogens with one attached hydrogen (secondary N) is 1. The number of aliphatic hydroxyl groups excluding tert-OH is 1. The van der Waals surface area contributed by atoms with Crippen molar-refractivity contribution in [3.63, 3.8) is 0 Å². The SMILES string of the molecule is CC(Oc1cccc(F)c1)C(=O)NC(CO)C(=O)O. The molecule has 1 aromatic rings. The van der Waals surface area contributed by atoms with Crippen molar-refractivity contribution in [3.05, 3.63) is 30.1 Å². The second kappa shape index (κ2) is 6.69. The van der Waals surface area contributed by atoms with Crippen molar-refractivity contribution in [2.24, 2.45) is 0 Å². The topological polar surface area (TPSA) is 95.9 Å². The van der Waals surface area contributed by atoms with E-state index in [4.69, 9.17) is 14.9 Å². The number of carboxylic acids is 1. The third kappa shape index (κ3) is 4.55. The van der Waals surface area contributed by atoms with E-state index in [0.717, 1.165) is 6.07 Å². The van der Waals surface area contributed by atoms with E-state index in [1.54, 1.807) is 0 Å². The highest BCUT2D eigenvalue weighted by molar-refractivity contribution is 5.86. The lowest BCUT2D eigenvalue weighted by atomic mass is 10.2. The molecule has 7 heteroatoms. The van der Waals surface area contributed by atoms with E-state index < -0.39 is 36.4 Å². The molecule has 19 heavy (non-hydrogen) atoms. The van der Waals surface area contributed by atoms with E-state index in [0.29, 0.717) is 0 Å². The van der Waals surface area contributed by atoms with Gasteiger partial charge in [0.05, 0.1) is 6.61 Å². The second-order valence-electron chi connectivity index (χ2n) is 3.80. The van der Waals surface area contributed by atoms with Crippen molar-refractivity contribution in [1.82, 2.24) is 5.32 Å². The van der Waals surface area contributed by atoms with Crippen molar-refractivity contribution in [2.45, 2.75) is 19.1 Å². The Morgan fingerprint density at radius 3 is 2.68 bits per heavy atom. The molecule has 0 aromatic heterocycles. The van der Waals surface area contributed by atoms with E-state index in [2.05, 4.69) is 5.32 Å². The van der Waals surface area contributed by atoms with Crippen LogP contribution in [0.3, 0.4) is 0 Å². The van der Waals surface area contributed by atoms with Crippen LogP contribution in [-0.4, -0.2) is 40.8 Å². The summed E-state index contributed by atoms with van der Waals surface area (Å²) in [5.74, 6) is -2.43. The van der Waals surface area contributed by atoms with Crippen LogP contribution in [0, 0.1) is 5.82 Å². The van der Waals surface area contributed by atoms with E-state index >= 15 is 0 Å². The number of benzene rings is 1. The minimum Gasteiger partial charge on any atom is -0.481 e. The molecule has 0 saturated carbocycles. The van der Waals surface area contributed by atoms with E-state index in [9.17, 15) is 14.0 Å². The van der Waals surface area contributed by atoms with Gasteiger partial charge in [-0.25, -0.2) is 9.18 Å². The number of halogens is 1. The van der Waals surface area contributed by atoms with E-state index in [1.807, 2.05) is 0 Å². The number of aliphatic carboxylic acids is 1. The van der Waals surface area contributed by atoms with Gasteiger partial charge in [0.25, 0.3) is 5.91 Å². The number of hydrogen-bond donors (Lipinski definition) is 3. The summed E-state index contributed by atoms with van der Waals surface area (Å²) in [6.45, 7) is 0.657. The molecule has 0 aliphatic carbocycles. The zero-order chi connectivity index (χ0) is 14.4. The standard InChI is InChI=1S/C12H14FNO5/c1-7(11(16)14-10(6-15)12(17)18)19-9-4-2-3-8(13)5-9/h2-5,7,10,15H,6H2,1H3,(H,14,16)(H,17,18). The summed E-state index contributed by atoms with van der Waals surface area (Å²) >= 11 is 0. The summed E-state index contributed by atoms with van der Waals surface area (Å²) in [5.41, 5.74) is 0. The first kappa shape index (κ1) is 14.9. The molecule has 1 rings (SSSR count). The van der Waals surface area contributed by atoms with Gasteiger partial charge in [0.1, 0.15) is 17.6 Å². The molecular formula is C12H14FNO5. The molecule has 6 nitrogen and oxygen atoms in total. The van der Waals surface area contributed by atoms with Crippen LogP contribution >= 0.6 is 0 Å². The Hall–Kier alpha value is -2.15. The molecule has 104 valence electrons. The molecule has 1 aromatic carbocycles. The molecular weight excluding hydrogens is 257 g/mol. The van der Waals surface area contributed by atoms with E-state index in [1.165, 1.54) is 25.1 Å². The maximum Gasteiger partial charge on any atom is 0.328 e. The first-order valence-electron chi connectivity index (χ1n) is 5.50. The maximum atomic E-state index is 12.9. The van der Waals surface area contributed by atoms with Gasteiger partial charge < -0.3 is 20.3 Å². The van der Waals surface area contributed by atoms with E-state index in [-0.39, 0.29) is 5.75 Å². The molecule has 1 amide bonds. The number of carbonyl (C=O) groups excluding carboxylic acids is 1. The van der Waals surface area contributed by atoms with Crippen molar-refractivity contribution < 1.29 is 28.9 Å². The van der Waals surface area contributed by atoms with Crippen LogP contribution in [0.2, 0.25) is 0 Å². The molecule has 0 radical (unpaired) electrons. The van der Waals surface area contributed by atoms with Gasteiger partial charge in [-0.3, -0.25) is 4.79 Å². The number of carboxylic acid groups (broad SMARTS) is 1. The van der Waals surface area contributed by atoms with Gasteiger partial charge in [-0.15, -0.1) is 0 Å². The fourth-order valence-electron chi connectivity index (χ4n) is 1.27. The quantitative estimate of drug-likeness (QED) is 0.684. The average molecular weight is 271 g/mol. The third-order valence-electron chi connectivity index (χ3n) is 2.28. The van der Waals surface area contributed by atoms with Crippen molar-refractivity contribution in [3.8, 4) is 5.75 Å². The smallest absolute Gasteiger partial charge is 0.328 e. The first-order chi connectivity index (χ1) is 8.93. The fraction of sp³-hybridized carbons (Fsp3) is 0.333. The van der Waals surface area contributed by atoms with Crippen LogP contribution in [0.4, 0.5) is 4.39 Å². The lowest BCUT2D eigenvalue weighted by molar-refractivity contribution is -0.144. The number of carbonyl (C=O) groups is 2. The molecule has 0 fully saturated rings. The van der Waals surface area contributed by atoms with Gasteiger partial charge in [-0.05, 0) is 19.1 Å². The lowest BCUT2D eigenvalue weighted by Crippen LogP contribution is -2.48. The minimum absolute atomic E-state index is 0.151. The normalized spacial score (nSPS) is 13.4. The zero-order valence-electron chi connectivity index (χ0n) is 10.2. The Morgan fingerprint density at radius 2 is 2.16 bits per heavy atom. The number of amides is 1. The maximum absolute atomic E-state index is 12.9. The highest BCUT2D eigenvalue weighted by Crippen LogP contribution is 2.13. The summed E-state index contributed by atoms with van der Waals surface area (Å²) in [7, 11) is 0. The minimum atomic E-state index is -1.40. The van der Waals surface area contributed by atoms with Gasteiger partial charge in [0, 0.05) is 6.07 Å². The average Bonchev–Trinajstić information content (AvgIpc) is 2.35. The molecule has 0 aliphatic heterocycles. The zero-order valence-corrected chi connectivity index (χ0v) is 10.2. The molecule has 2 atom stereocenters. The Bertz CT molecular complexity index is 465. The highest BCUT2D eigenvalue weighted by Gasteiger charge is 2.23. The van der Waals surface area contributed by atoms with Gasteiger partial charge in [-0.1, -0.05) is 6.07 Å². The van der Waals surface area contributed by atoms with Crippen molar-refractivity contribution >= 4 is 11.9 Å². The van der Waals surface area contributed by atoms with Crippen LogP contribution in [0.5, 0.6) is 5.75 Å². The number of aliphatic hydroxyl groups is 1. The monoisotopic (exact) mass is 271 g/mol. The Balaban J connectivity index is 2.60. The Morgan fingerprint density at radius 1 is 1.47 bits per heavy atom.